The molecular formula is C14H24N2O4. The zero-order valence-corrected chi connectivity index (χ0v) is 12.2. The Morgan fingerprint density at radius 3 is 2.40 bits per heavy atom. The maximum Gasteiger partial charge on any atom is 0.452 e. The van der Waals surface area contributed by atoms with Crippen LogP contribution < -0.4 is 0 Å². The van der Waals surface area contributed by atoms with Gasteiger partial charge in [-0.25, -0.2) is 9.59 Å². The van der Waals surface area contributed by atoms with E-state index in [9.17, 15) is 9.59 Å². The highest BCUT2D eigenvalue weighted by Gasteiger charge is 2.17. The first-order valence-corrected chi connectivity index (χ1v) is 7.51. The lowest BCUT2D eigenvalue weighted by Crippen LogP contribution is -2.18. The Morgan fingerprint density at radius 2 is 1.70 bits per heavy atom. The summed E-state index contributed by atoms with van der Waals surface area (Å²) in [4.78, 5) is 22.5. The molecule has 6 heteroatoms. The molecular weight excluding hydrogens is 260 g/mol. The molecule has 1 aliphatic rings. The minimum absolute atomic E-state index is 0.0831. The van der Waals surface area contributed by atoms with Crippen LogP contribution in [0.25, 0.3) is 0 Å². The van der Waals surface area contributed by atoms with Crippen LogP contribution in [0, 0.1) is 0 Å². The van der Waals surface area contributed by atoms with E-state index in [0.29, 0.717) is 6.61 Å². The molecule has 0 radical (unpaired) electrons. The third-order valence-corrected chi connectivity index (χ3v) is 3.26. The first-order chi connectivity index (χ1) is 9.72. The summed E-state index contributed by atoms with van der Waals surface area (Å²) >= 11 is 0. The molecule has 20 heavy (non-hydrogen) atoms. The topological polar surface area (TPSA) is 77.3 Å². The molecule has 0 spiro atoms. The van der Waals surface area contributed by atoms with Crippen molar-refractivity contribution in [3.05, 3.63) is 0 Å². The van der Waals surface area contributed by atoms with Gasteiger partial charge in [-0.1, -0.05) is 42.8 Å². The van der Waals surface area contributed by atoms with Gasteiger partial charge in [-0.05, 0) is 32.1 Å². The summed E-state index contributed by atoms with van der Waals surface area (Å²) in [7, 11) is 0. The number of azo groups is 1. The molecule has 0 aliphatic heterocycles. The van der Waals surface area contributed by atoms with Crippen molar-refractivity contribution in [2.45, 2.75) is 70.8 Å². The van der Waals surface area contributed by atoms with Gasteiger partial charge in [0.05, 0.1) is 6.61 Å². The summed E-state index contributed by atoms with van der Waals surface area (Å²) in [5.74, 6) is 0. The van der Waals surface area contributed by atoms with Gasteiger partial charge in [0.15, 0.2) is 0 Å². The first kappa shape index (κ1) is 16.6. The van der Waals surface area contributed by atoms with Crippen molar-refractivity contribution in [1.29, 1.82) is 0 Å². The number of carbonyl (C=O) groups excluding carboxylic acids is 2. The minimum Gasteiger partial charge on any atom is -0.447 e. The molecule has 6 nitrogen and oxygen atoms in total. The van der Waals surface area contributed by atoms with Crippen molar-refractivity contribution in [3.63, 3.8) is 0 Å². The van der Waals surface area contributed by atoms with Crippen LogP contribution in [0.2, 0.25) is 0 Å². The fourth-order valence-corrected chi connectivity index (χ4v) is 2.15. The zero-order chi connectivity index (χ0) is 14.6. The lowest BCUT2D eigenvalue weighted by Gasteiger charge is -2.20. The van der Waals surface area contributed by atoms with Gasteiger partial charge in [0.1, 0.15) is 6.10 Å². The van der Waals surface area contributed by atoms with Crippen LogP contribution in [0.4, 0.5) is 9.59 Å². The minimum atomic E-state index is -0.831. The van der Waals surface area contributed by atoms with Crippen LogP contribution in [-0.4, -0.2) is 24.9 Å². The number of unbranched alkanes of at least 4 members (excludes halogenated alkanes) is 3. The van der Waals surface area contributed by atoms with E-state index in [4.69, 9.17) is 9.47 Å². The van der Waals surface area contributed by atoms with E-state index in [2.05, 4.69) is 17.2 Å². The molecule has 1 rings (SSSR count). The molecule has 1 saturated carbocycles. The van der Waals surface area contributed by atoms with Crippen LogP contribution in [0.3, 0.4) is 0 Å². The van der Waals surface area contributed by atoms with Gasteiger partial charge in [0.25, 0.3) is 0 Å². The summed E-state index contributed by atoms with van der Waals surface area (Å²) < 4.78 is 9.91. The van der Waals surface area contributed by atoms with Gasteiger partial charge >= 0.3 is 12.2 Å². The van der Waals surface area contributed by atoms with Gasteiger partial charge in [-0.3, -0.25) is 0 Å². The van der Waals surface area contributed by atoms with Crippen LogP contribution in [0.15, 0.2) is 10.2 Å². The number of rotatable bonds is 6. The van der Waals surface area contributed by atoms with E-state index in [1.807, 2.05) is 0 Å². The van der Waals surface area contributed by atoms with Gasteiger partial charge < -0.3 is 9.47 Å². The quantitative estimate of drug-likeness (QED) is 0.526. The van der Waals surface area contributed by atoms with E-state index in [0.717, 1.165) is 51.4 Å². The third-order valence-electron chi connectivity index (χ3n) is 3.26. The zero-order valence-electron chi connectivity index (χ0n) is 12.2. The standard InChI is InChI=1S/C14H24N2O4/c1-2-3-4-8-11-19-13(17)15-16-14(18)20-12-9-6-5-7-10-12/h12H,2-11H2,1H3. The fraction of sp³-hybridized carbons (Fsp3) is 0.857. The molecule has 0 aromatic heterocycles. The van der Waals surface area contributed by atoms with Crippen LogP contribution in [-0.2, 0) is 9.47 Å². The van der Waals surface area contributed by atoms with Gasteiger partial charge in [0.2, 0.25) is 0 Å². The highest BCUT2D eigenvalue weighted by molar-refractivity contribution is 5.73. The fourth-order valence-electron chi connectivity index (χ4n) is 2.15. The molecule has 1 fully saturated rings. The summed E-state index contributed by atoms with van der Waals surface area (Å²) in [5, 5.41) is 6.42. The predicted octanol–water partition coefficient (Wildman–Crippen LogP) is 4.62. The van der Waals surface area contributed by atoms with Gasteiger partial charge in [-0.15, -0.1) is 0 Å². The number of ether oxygens (including phenoxy) is 2. The third kappa shape index (κ3) is 7.86. The average Bonchev–Trinajstić information content (AvgIpc) is 2.46. The Morgan fingerprint density at radius 1 is 1.00 bits per heavy atom. The monoisotopic (exact) mass is 284 g/mol. The van der Waals surface area contributed by atoms with E-state index in [1.54, 1.807) is 0 Å². The summed E-state index contributed by atoms with van der Waals surface area (Å²) in [6, 6.07) is 0. The van der Waals surface area contributed by atoms with Gasteiger partial charge in [0, 0.05) is 0 Å². The maximum absolute atomic E-state index is 11.3. The van der Waals surface area contributed by atoms with Crippen molar-refractivity contribution in [1.82, 2.24) is 0 Å². The number of nitrogens with zero attached hydrogens (tertiary/aromatic N) is 2. The lowest BCUT2D eigenvalue weighted by molar-refractivity contribution is 0.0812. The number of carbonyl (C=O) groups is 2. The molecule has 0 N–H and O–H groups in total. The molecule has 0 atom stereocenters. The Hall–Kier alpha value is -1.46. The highest BCUT2D eigenvalue weighted by atomic mass is 16.6. The van der Waals surface area contributed by atoms with Gasteiger partial charge in [-0.2, -0.15) is 0 Å². The number of amides is 2. The average molecular weight is 284 g/mol. The van der Waals surface area contributed by atoms with Crippen LogP contribution in [0.5, 0.6) is 0 Å². The van der Waals surface area contributed by atoms with E-state index >= 15 is 0 Å². The second-order valence-electron chi connectivity index (χ2n) is 5.02. The summed E-state index contributed by atoms with van der Waals surface area (Å²) in [6.07, 6.45) is 7.39. The first-order valence-electron chi connectivity index (χ1n) is 7.51. The molecule has 0 unspecified atom stereocenters. The highest BCUT2D eigenvalue weighted by Crippen LogP contribution is 2.20. The Bertz CT molecular complexity index is 325. The van der Waals surface area contributed by atoms with E-state index < -0.39 is 12.2 Å². The second-order valence-corrected chi connectivity index (χ2v) is 5.02. The largest absolute Gasteiger partial charge is 0.452 e. The molecule has 2 amide bonds. The summed E-state index contributed by atoms with van der Waals surface area (Å²) in [6.45, 7) is 2.42. The van der Waals surface area contributed by atoms with Crippen molar-refractivity contribution in [2.75, 3.05) is 6.61 Å². The van der Waals surface area contributed by atoms with E-state index in [1.165, 1.54) is 6.42 Å². The SMILES string of the molecule is CCCCCCOC(=O)N=NC(=O)OC1CCCCC1. The summed E-state index contributed by atoms with van der Waals surface area (Å²) in [5.41, 5.74) is 0. The van der Waals surface area contributed by atoms with Crippen LogP contribution >= 0.6 is 0 Å². The molecule has 0 heterocycles. The molecule has 0 bridgehead atoms. The Labute approximate surface area is 119 Å². The predicted molar refractivity (Wildman–Crippen MR) is 73.7 cm³/mol. The van der Waals surface area contributed by atoms with E-state index in [-0.39, 0.29) is 6.10 Å². The molecule has 114 valence electrons. The van der Waals surface area contributed by atoms with Crippen molar-refractivity contribution in [3.8, 4) is 0 Å². The molecule has 0 aromatic carbocycles. The number of hydrogen-bond acceptors (Lipinski definition) is 4. The van der Waals surface area contributed by atoms with Crippen molar-refractivity contribution < 1.29 is 19.1 Å². The molecule has 0 saturated heterocycles. The Balaban J connectivity index is 2.11. The second kappa shape index (κ2) is 10.3. The molecule has 1 aliphatic carbocycles. The van der Waals surface area contributed by atoms with Crippen LogP contribution in [0.1, 0.15) is 64.7 Å². The lowest BCUT2D eigenvalue weighted by atomic mass is 9.98. The van der Waals surface area contributed by atoms with Crippen molar-refractivity contribution in [2.24, 2.45) is 10.2 Å². The smallest absolute Gasteiger partial charge is 0.447 e. The maximum atomic E-state index is 11.3. The normalized spacial score (nSPS) is 16.2. The molecule has 0 aromatic rings. The Kier molecular flexibility index (Phi) is 8.58. The number of hydrogen-bond donors (Lipinski definition) is 0. The van der Waals surface area contributed by atoms with Crippen molar-refractivity contribution >= 4 is 12.2 Å².